The van der Waals surface area contributed by atoms with Crippen molar-refractivity contribution < 1.29 is 18.9 Å². The maximum absolute atomic E-state index is 3.28. The van der Waals surface area contributed by atoms with Crippen LogP contribution in [0.25, 0.3) is 0 Å². The molecule has 0 radical (unpaired) electrons. The maximum atomic E-state index is 3.28. The molecule has 62 valence electrons. The molecule has 0 saturated carbocycles. The van der Waals surface area contributed by atoms with Crippen molar-refractivity contribution >= 4 is 0 Å². The Hall–Kier alpha value is 0.517. The number of hydrogen-bond donors (Lipinski definition) is 2. The van der Waals surface area contributed by atoms with E-state index in [1.807, 2.05) is 0 Å². The van der Waals surface area contributed by atoms with Gasteiger partial charge in [0.1, 0.15) is 0 Å². The van der Waals surface area contributed by atoms with Gasteiger partial charge in [-0.2, -0.15) is 13.1 Å². The summed E-state index contributed by atoms with van der Waals surface area (Å²) in [6.07, 6.45) is 1.16. The fourth-order valence-corrected chi connectivity index (χ4v) is 0.908. The van der Waals surface area contributed by atoms with E-state index >= 15 is 0 Å². The fraction of sp³-hybridized carbons (Fsp3) is 0.875. The molecule has 0 heterocycles. The third-order valence-electron chi connectivity index (χ3n) is 1.01. The van der Waals surface area contributed by atoms with Crippen LogP contribution in [0.5, 0.6) is 0 Å². The van der Waals surface area contributed by atoms with Crippen molar-refractivity contribution in [3.8, 4) is 0 Å². The van der Waals surface area contributed by atoms with Crippen LogP contribution in [0.4, 0.5) is 0 Å². The summed E-state index contributed by atoms with van der Waals surface area (Å²) in [6, 6.07) is 1.04. The van der Waals surface area contributed by atoms with Crippen molar-refractivity contribution in [2.45, 2.75) is 46.7 Å². The van der Waals surface area contributed by atoms with E-state index in [1.54, 1.807) is 0 Å². The minimum Gasteiger partial charge on any atom is -0.452 e. The van der Waals surface area contributed by atoms with E-state index in [0.29, 0.717) is 12.1 Å². The van der Waals surface area contributed by atoms with Crippen LogP contribution in [0.1, 0.15) is 34.6 Å². The molecule has 11 heavy (non-hydrogen) atoms. The molecule has 2 N–H and O–H groups in total. The van der Waals surface area contributed by atoms with Crippen molar-refractivity contribution in [1.82, 2.24) is 10.6 Å². The molecule has 0 atom stereocenters. The number of rotatable bonds is 4. The van der Waals surface area contributed by atoms with Gasteiger partial charge in [-0.3, -0.25) is 0 Å². The van der Waals surface area contributed by atoms with Gasteiger partial charge in [0.15, 0.2) is 0 Å². The summed E-state index contributed by atoms with van der Waals surface area (Å²) in [5.74, 6) is 0. The Labute approximate surface area is 82.7 Å². The summed E-state index contributed by atoms with van der Waals surface area (Å²) >= 11 is 0. The molecule has 0 aromatic heterocycles. The molecular formula is C8H19LiN2. The van der Waals surface area contributed by atoms with E-state index in [-0.39, 0.29) is 18.9 Å². The maximum Gasteiger partial charge on any atom is 1.00 e. The molecule has 0 unspecified atom stereocenters. The molecule has 0 fully saturated rings. The normalized spacial score (nSPS) is 10.9. The van der Waals surface area contributed by atoms with Crippen molar-refractivity contribution in [1.29, 1.82) is 0 Å². The summed E-state index contributed by atoms with van der Waals surface area (Å²) < 4.78 is 0. The third kappa shape index (κ3) is 10.5. The summed E-state index contributed by atoms with van der Waals surface area (Å²) in [5.41, 5.74) is 0. The van der Waals surface area contributed by atoms with E-state index in [2.05, 4.69) is 45.3 Å². The molecule has 0 aliphatic heterocycles. The minimum atomic E-state index is 0. The van der Waals surface area contributed by atoms with Crippen molar-refractivity contribution in [2.75, 3.05) is 0 Å². The van der Waals surface area contributed by atoms with Crippen molar-refractivity contribution in [3.05, 3.63) is 6.17 Å². The predicted molar refractivity (Wildman–Crippen MR) is 45.5 cm³/mol. The second-order valence-electron chi connectivity index (χ2n) is 3.22. The average molecular weight is 150 g/mol. The molecule has 0 aromatic rings. The van der Waals surface area contributed by atoms with Gasteiger partial charge in [0, 0.05) is 0 Å². The van der Waals surface area contributed by atoms with Crippen LogP contribution in [0.3, 0.4) is 0 Å². The quantitative estimate of drug-likeness (QED) is 0.376. The van der Waals surface area contributed by atoms with Gasteiger partial charge in [-0.25, -0.2) is 0 Å². The minimum absolute atomic E-state index is 0. The standard InChI is InChI=1S/C8H19N2.Li/c1-6(2)9-8(5)10-7(3)4;/h6-7,9-10H,1-5H3;/q-1;+1. The van der Waals surface area contributed by atoms with Gasteiger partial charge < -0.3 is 10.6 Å². The van der Waals surface area contributed by atoms with Gasteiger partial charge in [-0.1, -0.05) is 27.7 Å². The summed E-state index contributed by atoms with van der Waals surface area (Å²) in [4.78, 5) is 0. The van der Waals surface area contributed by atoms with Crippen molar-refractivity contribution in [3.63, 3.8) is 0 Å². The smallest absolute Gasteiger partial charge is 0.452 e. The third-order valence-corrected chi connectivity index (χ3v) is 1.01. The van der Waals surface area contributed by atoms with Gasteiger partial charge in [-0.05, 0) is 12.1 Å². The molecular weight excluding hydrogens is 131 g/mol. The molecule has 0 bridgehead atoms. The first-order chi connectivity index (χ1) is 4.52. The molecule has 0 aliphatic rings. The van der Waals surface area contributed by atoms with Crippen LogP contribution in [-0.2, 0) is 0 Å². The molecule has 0 aliphatic carbocycles. The first kappa shape index (κ1) is 14.1. The van der Waals surface area contributed by atoms with E-state index in [1.165, 1.54) is 0 Å². The summed E-state index contributed by atoms with van der Waals surface area (Å²) in [5, 5.41) is 6.56. The topological polar surface area (TPSA) is 24.1 Å². The van der Waals surface area contributed by atoms with Crippen LogP contribution >= 0.6 is 0 Å². The molecule has 2 nitrogen and oxygen atoms in total. The number of nitrogens with one attached hydrogen (secondary N) is 2. The SMILES string of the molecule is C[C-](NC(C)C)NC(C)C.[Li+]. The first-order valence-corrected chi connectivity index (χ1v) is 3.89. The zero-order valence-electron chi connectivity index (χ0n) is 8.65. The molecule has 0 spiro atoms. The molecule has 0 amide bonds. The predicted octanol–water partition coefficient (Wildman–Crippen LogP) is -1.50. The Morgan fingerprint density at radius 3 is 1.36 bits per heavy atom. The van der Waals surface area contributed by atoms with E-state index in [0.717, 1.165) is 6.17 Å². The summed E-state index contributed by atoms with van der Waals surface area (Å²) in [7, 11) is 0. The number of hydrogen-bond acceptors (Lipinski definition) is 2. The monoisotopic (exact) mass is 150 g/mol. The zero-order chi connectivity index (χ0) is 8.15. The van der Waals surface area contributed by atoms with E-state index in [9.17, 15) is 0 Å². The Bertz CT molecular complexity index is 74.2. The second-order valence-corrected chi connectivity index (χ2v) is 3.22. The first-order valence-electron chi connectivity index (χ1n) is 3.89. The zero-order valence-corrected chi connectivity index (χ0v) is 8.65. The van der Waals surface area contributed by atoms with Gasteiger partial charge in [0.25, 0.3) is 0 Å². The fourth-order valence-electron chi connectivity index (χ4n) is 0.908. The van der Waals surface area contributed by atoms with Gasteiger partial charge >= 0.3 is 18.9 Å². The summed E-state index contributed by atoms with van der Waals surface area (Å²) in [6.45, 7) is 10.6. The Kier molecular flexibility index (Phi) is 9.18. The van der Waals surface area contributed by atoms with Crippen LogP contribution < -0.4 is 29.5 Å². The van der Waals surface area contributed by atoms with Gasteiger partial charge in [0.2, 0.25) is 0 Å². The van der Waals surface area contributed by atoms with Crippen LogP contribution in [0.2, 0.25) is 0 Å². The van der Waals surface area contributed by atoms with Crippen LogP contribution in [-0.4, -0.2) is 12.1 Å². The average Bonchev–Trinajstić information content (AvgIpc) is 1.58. The van der Waals surface area contributed by atoms with Crippen LogP contribution in [0, 0.1) is 6.17 Å². The largest absolute Gasteiger partial charge is 1.00 e. The second kappa shape index (κ2) is 7.18. The Morgan fingerprint density at radius 2 is 1.18 bits per heavy atom. The Morgan fingerprint density at radius 1 is 0.909 bits per heavy atom. The molecule has 0 aromatic carbocycles. The van der Waals surface area contributed by atoms with E-state index in [4.69, 9.17) is 0 Å². The van der Waals surface area contributed by atoms with Gasteiger partial charge in [0.05, 0.1) is 0 Å². The Balaban J connectivity index is 0. The van der Waals surface area contributed by atoms with Gasteiger partial charge in [-0.15, -0.1) is 0 Å². The van der Waals surface area contributed by atoms with Crippen molar-refractivity contribution in [2.24, 2.45) is 0 Å². The molecule has 0 saturated heterocycles. The van der Waals surface area contributed by atoms with E-state index < -0.39 is 0 Å². The molecule has 3 heteroatoms. The van der Waals surface area contributed by atoms with Crippen LogP contribution in [0.15, 0.2) is 0 Å². The molecule has 0 rings (SSSR count).